The van der Waals surface area contributed by atoms with Crippen molar-refractivity contribution in [2.75, 3.05) is 36.8 Å². The van der Waals surface area contributed by atoms with Gasteiger partial charge in [-0.2, -0.15) is 0 Å². The van der Waals surface area contributed by atoms with Gasteiger partial charge in [-0.3, -0.25) is 19.2 Å². The standard InChI is InChI=1S/C33H35N9O2/c1-24-5-10-29(20-31(24)38-25(2)37-30(11-12-34)28-4-3-13-35-21-28)39-32(43)27-8-6-26(7-9-27)22-40-16-18-41(19-17-40)33(44)42-15-14-36-23-42/h3-15,20-21,23,38H,2,16-19,22,34H2,1H3,(H,39,43)/b12-11-,37-30+. The number of piperazine rings is 1. The van der Waals surface area contributed by atoms with Crippen molar-refractivity contribution >= 4 is 29.0 Å². The number of anilines is 2. The number of nitrogens with two attached hydrogens (primary N) is 1. The second-order valence-corrected chi connectivity index (χ2v) is 10.4. The zero-order valence-electron chi connectivity index (χ0n) is 24.6. The molecule has 3 heterocycles. The van der Waals surface area contributed by atoms with Gasteiger partial charge in [-0.05, 0) is 66.7 Å². The average Bonchev–Trinajstić information content (AvgIpc) is 3.59. The Morgan fingerprint density at radius 2 is 1.80 bits per heavy atom. The lowest BCUT2D eigenvalue weighted by Crippen LogP contribution is -2.49. The van der Waals surface area contributed by atoms with Crippen molar-refractivity contribution in [3.8, 4) is 0 Å². The molecule has 0 bridgehead atoms. The van der Waals surface area contributed by atoms with E-state index in [4.69, 9.17) is 5.73 Å². The van der Waals surface area contributed by atoms with Crippen LogP contribution in [0.25, 0.3) is 0 Å². The maximum atomic E-state index is 13.1. The van der Waals surface area contributed by atoms with Crippen molar-refractivity contribution in [2.24, 2.45) is 10.7 Å². The van der Waals surface area contributed by atoms with Gasteiger partial charge in [-0.25, -0.2) is 14.8 Å². The molecule has 0 radical (unpaired) electrons. The monoisotopic (exact) mass is 589 g/mol. The van der Waals surface area contributed by atoms with Crippen LogP contribution in [0.2, 0.25) is 0 Å². The number of carbonyl (C=O) groups excluding carboxylic acids is 2. The Balaban J connectivity index is 1.16. The van der Waals surface area contributed by atoms with Crippen LogP contribution >= 0.6 is 0 Å². The number of pyridine rings is 1. The molecule has 1 aliphatic rings. The van der Waals surface area contributed by atoms with Gasteiger partial charge in [0.2, 0.25) is 0 Å². The van der Waals surface area contributed by atoms with E-state index >= 15 is 0 Å². The lowest BCUT2D eigenvalue weighted by Gasteiger charge is -2.34. The number of nitrogens with zero attached hydrogens (tertiary/aromatic N) is 6. The Labute approximate surface area is 256 Å². The minimum atomic E-state index is -0.207. The number of aliphatic imine (C=N–C) groups is 1. The van der Waals surface area contributed by atoms with E-state index in [1.54, 1.807) is 30.9 Å². The molecule has 11 nitrogen and oxygen atoms in total. The Bertz CT molecular complexity index is 1660. The lowest BCUT2D eigenvalue weighted by atomic mass is 10.1. The van der Waals surface area contributed by atoms with Crippen LogP contribution in [0.15, 0.2) is 115 Å². The van der Waals surface area contributed by atoms with Gasteiger partial charge < -0.3 is 21.3 Å². The number of imidazole rings is 1. The highest BCUT2D eigenvalue weighted by Gasteiger charge is 2.22. The van der Waals surface area contributed by atoms with Crippen molar-refractivity contribution in [1.29, 1.82) is 0 Å². The van der Waals surface area contributed by atoms with E-state index in [1.165, 1.54) is 17.1 Å². The van der Waals surface area contributed by atoms with E-state index in [1.807, 2.05) is 66.4 Å². The third kappa shape index (κ3) is 7.64. The zero-order chi connectivity index (χ0) is 30.9. The molecule has 0 aliphatic carbocycles. The fourth-order valence-electron chi connectivity index (χ4n) is 4.82. The van der Waals surface area contributed by atoms with Gasteiger partial charge in [0, 0.05) is 80.0 Å². The summed E-state index contributed by atoms with van der Waals surface area (Å²) in [5.74, 6) is 0.206. The summed E-state index contributed by atoms with van der Waals surface area (Å²) < 4.78 is 1.50. The average molecular weight is 590 g/mol. The SMILES string of the molecule is C=C(/N=C(\C=C/N)c1cccnc1)Nc1cc(NC(=O)c2ccc(CN3CCN(C(=O)n4ccnc4)CC3)cc2)ccc1C. The Morgan fingerprint density at radius 3 is 2.48 bits per heavy atom. The molecule has 4 aromatic rings. The number of rotatable bonds is 9. The summed E-state index contributed by atoms with van der Waals surface area (Å²) in [4.78, 5) is 42.4. The van der Waals surface area contributed by atoms with Crippen molar-refractivity contribution < 1.29 is 9.59 Å². The maximum absolute atomic E-state index is 13.1. The molecule has 0 saturated carbocycles. The molecular weight excluding hydrogens is 554 g/mol. The number of carbonyl (C=O) groups is 2. The first kappa shape index (κ1) is 29.9. The van der Waals surface area contributed by atoms with E-state index in [0.717, 1.165) is 42.0 Å². The molecule has 4 N–H and O–H groups in total. The highest BCUT2D eigenvalue weighted by atomic mass is 16.2. The molecular formula is C33H35N9O2. The molecule has 0 spiro atoms. The number of allylic oxidation sites excluding steroid dienone is 1. The molecule has 2 aromatic carbocycles. The molecule has 5 rings (SSSR count). The van der Waals surface area contributed by atoms with Gasteiger partial charge in [-0.1, -0.05) is 24.8 Å². The van der Waals surface area contributed by atoms with Gasteiger partial charge in [0.1, 0.15) is 12.1 Å². The highest BCUT2D eigenvalue weighted by molar-refractivity contribution is 6.09. The second kappa shape index (κ2) is 14.1. The predicted molar refractivity (Wildman–Crippen MR) is 172 cm³/mol. The Hall–Kier alpha value is -5.55. The molecule has 1 fully saturated rings. The molecule has 1 saturated heterocycles. The number of nitrogens with one attached hydrogen (secondary N) is 2. The maximum Gasteiger partial charge on any atom is 0.329 e. The molecule has 11 heteroatoms. The van der Waals surface area contributed by atoms with Crippen LogP contribution < -0.4 is 16.4 Å². The molecule has 44 heavy (non-hydrogen) atoms. The Kier molecular flexibility index (Phi) is 9.57. The number of hydrogen-bond donors (Lipinski definition) is 3. The fraction of sp³-hybridized carbons (Fsp3) is 0.182. The third-order valence-electron chi connectivity index (χ3n) is 7.23. The third-order valence-corrected chi connectivity index (χ3v) is 7.23. The van der Waals surface area contributed by atoms with Gasteiger partial charge in [0.15, 0.2) is 0 Å². The summed E-state index contributed by atoms with van der Waals surface area (Å²) in [7, 11) is 0. The zero-order valence-corrected chi connectivity index (χ0v) is 24.6. The first-order valence-electron chi connectivity index (χ1n) is 14.2. The summed E-state index contributed by atoms with van der Waals surface area (Å²) in [6, 6.07) is 16.9. The van der Waals surface area contributed by atoms with Gasteiger partial charge in [0.25, 0.3) is 5.91 Å². The summed E-state index contributed by atoms with van der Waals surface area (Å²) in [5.41, 5.74) is 11.1. The van der Waals surface area contributed by atoms with Gasteiger partial charge in [-0.15, -0.1) is 0 Å². The van der Waals surface area contributed by atoms with Crippen LogP contribution in [0.4, 0.5) is 16.2 Å². The van der Waals surface area contributed by atoms with E-state index in [0.29, 0.717) is 35.9 Å². The second-order valence-electron chi connectivity index (χ2n) is 10.4. The summed E-state index contributed by atoms with van der Waals surface area (Å²) in [5, 5.41) is 6.20. The number of aromatic nitrogens is 3. The first-order chi connectivity index (χ1) is 21.4. The molecule has 0 unspecified atom stereocenters. The van der Waals surface area contributed by atoms with Crippen LogP contribution in [0, 0.1) is 6.92 Å². The fourth-order valence-corrected chi connectivity index (χ4v) is 4.82. The number of amides is 2. The van der Waals surface area contributed by atoms with E-state index in [-0.39, 0.29) is 11.9 Å². The van der Waals surface area contributed by atoms with Crippen LogP contribution in [0.3, 0.4) is 0 Å². The Morgan fingerprint density at radius 1 is 1.00 bits per heavy atom. The largest absolute Gasteiger partial charge is 0.405 e. The molecule has 0 atom stereocenters. The summed E-state index contributed by atoms with van der Waals surface area (Å²) >= 11 is 0. The molecule has 1 aliphatic heterocycles. The van der Waals surface area contributed by atoms with Crippen molar-refractivity contribution in [1.82, 2.24) is 24.3 Å². The first-order valence-corrected chi connectivity index (χ1v) is 14.2. The number of benzene rings is 2. The minimum absolute atomic E-state index is 0.0534. The van der Waals surface area contributed by atoms with E-state index in [2.05, 4.69) is 37.1 Å². The van der Waals surface area contributed by atoms with Gasteiger partial charge in [0.05, 0.1) is 5.71 Å². The van der Waals surface area contributed by atoms with E-state index in [9.17, 15) is 9.59 Å². The van der Waals surface area contributed by atoms with E-state index < -0.39 is 0 Å². The lowest BCUT2D eigenvalue weighted by molar-refractivity contribution is 0.102. The smallest absolute Gasteiger partial charge is 0.329 e. The molecule has 2 aromatic heterocycles. The normalized spacial score (nSPS) is 14.0. The highest BCUT2D eigenvalue weighted by Crippen LogP contribution is 2.23. The number of hydrogen-bond acceptors (Lipinski definition) is 8. The predicted octanol–water partition coefficient (Wildman–Crippen LogP) is 4.47. The van der Waals surface area contributed by atoms with Crippen molar-refractivity contribution in [3.05, 3.63) is 133 Å². The molecule has 2 amide bonds. The van der Waals surface area contributed by atoms with Crippen molar-refractivity contribution in [3.63, 3.8) is 0 Å². The van der Waals surface area contributed by atoms with Crippen LogP contribution in [0.1, 0.15) is 27.0 Å². The van der Waals surface area contributed by atoms with Crippen molar-refractivity contribution in [2.45, 2.75) is 13.5 Å². The van der Waals surface area contributed by atoms with Crippen LogP contribution in [-0.4, -0.2) is 68.2 Å². The number of aryl methyl sites for hydroxylation is 1. The van der Waals surface area contributed by atoms with Crippen LogP contribution in [-0.2, 0) is 6.54 Å². The quantitative estimate of drug-likeness (QED) is 0.245. The van der Waals surface area contributed by atoms with Crippen LogP contribution in [0.5, 0.6) is 0 Å². The topological polar surface area (TPSA) is 134 Å². The summed E-state index contributed by atoms with van der Waals surface area (Å²) in [6.07, 6.45) is 11.3. The summed E-state index contributed by atoms with van der Waals surface area (Å²) in [6.45, 7) is 9.61. The van der Waals surface area contributed by atoms with Gasteiger partial charge >= 0.3 is 6.03 Å². The minimum Gasteiger partial charge on any atom is -0.405 e. The molecule has 224 valence electrons.